The number of allylic oxidation sites excluding steroid dienone is 4. The van der Waals surface area contributed by atoms with E-state index < -0.39 is 0 Å². The number of imidazole rings is 1. The Morgan fingerprint density at radius 1 is 0.955 bits per heavy atom. The number of aliphatic imine (C=N–C) groups is 1. The Morgan fingerprint density at radius 3 is 2.36 bits per heavy atom. The first-order valence-electron chi connectivity index (χ1n) is 15.6. The fraction of sp³-hybridized carbons (Fsp3) is 0.333. The van der Waals surface area contributed by atoms with Crippen LogP contribution in [-0.4, -0.2) is 89.7 Å². The average molecular weight is 586 g/mol. The SMILES string of the molecule is CN(C)C1=CC=C=C(c2nc3n(c2NCC(=O)N2CCN(C4c5ccccc5CCc5ccccc54)CC2)CCN=C3)C=C1. The fourth-order valence-electron chi connectivity index (χ4n) is 6.79. The Balaban J connectivity index is 1.06. The molecule has 1 fully saturated rings. The van der Waals surface area contributed by atoms with Gasteiger partial charge in [0.2, 0.25) is 5.91 Å². The Labute approximate surface area is 259 Å². The molecule has 8 heteroatoms. The van der Waals surface area contributed by atoms with Crippen molar-refractivity contribution in [2.75, 3.05) is 58.7 Å². The van der Waals surface area contributed by atoms with Gasteiger partial charge >= 0.3 is 0 Å². The van der Waals surface area contributed by atoms with Crippen molar-refractivity contribution in [1.29, 1.82) is 0 Å². The van der Waals surface area contributed by atoms with E-state index in [9.17, 15) is 4.79 Å². The second-order valence-corrected chi connectivity index (χ2v) is 12.0. The summed E-state index contributed by atoms with van der Waals surface area (Å²) in [5.41, 5.74) is 11.8. The zero-order chi connectivity index (χ0) is 30.0. The van der Waals surface area contributed by atoms with Crippen molar-refractivity contribution < 1.29 is 4.79 Å². The van der Waals surface area contributed by atoms with Gasteiger partial charge in [0.15, 0.2) is 5.82 Å². The smallest absolute Gasteiger partial charge is 0.242 e. The van der Waals surface area contributed by atoms with Crippen LogP contribution in [0.4, 0.5) is 5.82 Å². The molecule has 2 aliphatic carbocycles. The minimum Gasteiger partial charge on any atom is -0.378 e. The fourth-order valence-corrected chi connectivity index (χ4v) is 6.79. The number of amides is 1. The van der Waals surface area contributed by atoms with E-state index in [4.69, 9.17) is 4.98 Å². The Morgan fingerprint density at radius 2 is 1.66 bits per heavy atom. The third-order valence-corrected chi connectivity index (χ3v) is 9.14. The second-order valence-electron chi connectivity index (χ2n) is 12.0. The van der Waals surface area contributed by atoms with Crippen LogP contribution in [-0.2, 0) is 24.2 Å². The molecule has 224 valence electrons. The standard InChI is InChI=1S/C36H39N7O/c1-40(2)29-11-7-10-28(16-17-29)34-36(43-19-18-37-24-32(43)39-34)38-25-33(44)41-20-22-42(23-21-41)35-30-12-5-3-8-26(30)14-15-27-9-4-6-13-31(27)35/h3-9,11-13,16-17,24,35,38H,14-15,18-23,25H2,1-2H3. The highest BCUT2D eigenvalue weighted by atomic mass is 16.2. The van der Waals surface area contributed by atoms with Gasteiger partial charge in [-0.2, -0.15) is 0 Å². The van der Waals surface area contributed by atoms with Crippen LogP contribution >= 0.6 is 0 Å². The monoisotopic (exact) mass is 585 g/mol. The van der Waals surface area contributed by atoms with Gasteiger partial charge in [-0.25, -0.2) is 4.98 Å². The number of anilines is 1. The van der Waals surface area contributed by atoms with Crippen molar-refractivity contribution in [3.05, 3.63) is 118 Å². The molecule has 0 unspecified atom stereocenters. The number of hydrogen-bond donors (Lipinski definition) is 1. The number of nitrogens with one attached hydrogen (secondary N) is 1. The van der Waals surface area contributed by atoms with Crippen molar-refractivity contribution in [3.63, 3.8) is 0 Å². The highest BCUT2D eigenvalue weighted by Crippen LogP contribution is 2.37. The van der Waals surface area contributed by atoms with Crippen LogP contribution in [0.1, 0.15) is 39.8 Å². The van der Waals surface area contributed by atoms with E-state index in [1.807, 2.05) is 43.4 Å². The second kappa shape index (κ2) is 12.2. The van der Waals surface area contributed by atoms with Crippen molar-refractivity contribution >= 4 is 23.5 Å². The number of likely N-dealkylation sites (N-methyl/N-ethyl adjacent to an activating group) is 1. The predicted octanol–water partition coefficient (Wildman–Crippen LogP) is 4.31. The Hall–Kier alpha value is -4.65. The molecule has 1 saturated heterocycles. The van der Waals surface area contributed by atoms with E-state index in [1.54, 1.807) is 0 Å². The number of aromatic nitrogens is 2. The summed E-state index contributed by atoms with van der Waals surface area (Å²) in [5.74, 6) is 1.75. The lowest BCUT2D eigenvalue weighted by Gasteiger charge is -2.40. The van der Waals surface area contributed by atoms with Crippen molar-refractivity contribution in [1.82, 2.24) is 24.3 Å². The molecule has 0 saturated carbocycles. The van der Waals surface area contributed by atoms with Gasteiger partial charge in [-0.1, -0.05) is 48.5 Å². The van der Waals surface area contributed by atoms with E-state index in [2.05, 4.69) is 85.0 Å². The first-order chi connectivity index (χ1) is 21.6. The Kier molecular flexibility index (Phi) is 7.77. The zero-order valence-corrected chi connectivity index (χ0v) is 25.5. The number of carbonyl (C=O) groups is 1. The van der Waals surface area contributed by atoms with Crippen LogP contribution < -0.4 is 5.32 Å². The largest absolute Gasteiger partial charge is 0.378 e. The summed E-state index contributed by atoms with van der Waals surface area (Å²) >= 11 is 0. The van der Waals surface area contributed by atoms with Crippen molar-refractivity contribution in [2.24, 2.45) is 4.99 Å². The van der Waals surface area contributed by atoms with Gasteiger partial charge in [0.25, 0.3) is 0 Å². The highest BCUT2D eigenvalue weighted by molar-refractivity contribution is 5.87. The summed E-state index contributed by atoms with van der Waals surface area (Å²) < 4.78 is 2.13. The molecule has 7 rings (SSSR count). The number of fused-ring (bicyclic) bond motifs is 3. The van der Waals surface area contributed by atoms with Crippen LogP contribution in [0, 0.1) is 0 Å². The van der Waals surface area contributed by atoms with Crippen LogP contribution in [0.15, 0.2) is 89.3 Å². The summed E-state index contributed by atoms with van der Waals surface area (Å²) in [6, 6.07) is 18.0. The number of aryl methyl sites for hydroxylation is 2. The minimum absolute atomic E-state index is 0.106. The first-order valence-corrected chi connectivity index (χ1v) is 15.6. The lowest BCUT2D eigenvalue weighted by Crippen LogP contribution is -2.51. The third kappa shape index (κ3) is 5.43. The van der Waals surface area contributed by atoms with Gasteiger partial charge in [0.1, 0.15) is 11.5 Å². The molecule has 1 N–H and O–H groups in total. The third-order valence-electron chi connectivity index (χ3n) is 9.14. The summed E-state index contributed by atoms with van der Waals surface area (Å²) in [5, 5.41) is 3.48. The molecule has 3 heterocycles. The molecule has 1 aromatic heterocycles. The van der Waals surface area contributed by atoms with Crippen molar-refractivity contribution in [2.45, 2.75) is 25.4 Å². The molecular weight excluding hydrogens is 546 g/mol. The maximum atomic E-state index is 13.6. The molecule has 2 aromatic carbocycles. The predicted molar refractivity (Wildman–Crippen MR) is 176 cm³/mol. The van der Waals surface area contributed by atoms with Crippen LogP contribution in [0.2, 0.25) is 0 Å². The molecular formula is C36H39N7O. The minimum atomic E-state index is 0.106. The average Bonchev–Trinajstić information content (AvgIpc) is 3.18. The molecule has 1 amide bonds. The van der Waals surface area contributed by atoms with Gasteiger partial charge in [-0.15, -0.1) is 5.73 Å². The molecule has 44 heavy (non-hydrogen) atoms. The normalized spacial score (nSPS) is 18.0. The number of nitrogens with zero attached hydrogens (tertiary/aromatic N) is 6. The molecule has 0 bridgehead atoms. The van der Waals surface area contributed by atoms with Gasteiger partial charge in [0.05, 0.1) is 25.3 Å². The van der Waals surface area contributed by atoms with Crippen LogP contribution in [0.5, 0.6) is 0 Å². The van der Waals surface area contributed by atoms with E-state index in [1.165, 1.54) is 22.3 Å². The van der Waals surface area contributed by atoms with E-state index in [0.29, 0.717) is 19.6 Å². The van der Waals surface area contributed by atoms with Gasteiger partial charge in [-0.05, 0) is 59.4 Å². The first kappa shape index (κ1) is 28.1. The molecule has 0 atom stereocenters. The summed E-state index contributed by atoms with van der Waals surface area (Å²) in [6.45, 7) is 4.73. The molecule has 0 spiro atoms. The summed E-state index contributed by atoms with van der Waals surface area (Å²) in [6.07, 6.45) is 12.0. The van der Waals surface area contributed by atoms with Gasteiger partial charge in [0, 0.05) is 58.1 Å². The quantitative estimate of drug-likeness (QED) is 0.437. The molecule has 8 nitrogen and oxygen atoms in total. The summed E-state index contributed by atoms with van der Waals surface area (Å²) in [7, 11) is 4.04. The molecule has 2 aliphatic heterocycles. The number of rotatable bonds is 6. The lowest BCUT2D eigenvalue weighted by molar-refractivity contribution is -0.131. The van der Waals surface area contributed by atoms with E-state index >= 15 is 0 Å². The van der Waals surface area contributed by atoms with Crippen LogP contribution in [0.3, 0.4) is 0 Å². The van der Waals surface area contributed by atoms with E-state index in [0.717, 1.165) is 61.1 Å². The Bertz CT molecular complexity index is 1680. The summed E-state index contributed by atoms with van der Waals surface area (Å²) in [4.78, 5) is 29.6. The molecule has 0 radical (unpaired) electrons. The number of piperazine rings is 1. The van der Waals surface area contributed by atoms with Gasteiger partial charge in [-0.3, -0.25) is 14.7 Å². The molecule has 3 aromatic rings. The molecule has 4 aliphatic rings. The highest BCUT2D eigenvalue weighted by Gasteiger charge is 2.32. The number of benzene rings is 2. The van der Waals surface area contributed by atoms with Crippen molar-refractivity contribution in [3.8, 4) is 0 Å². The van der Waals surface area contributed by atoms with E-state index in [-0.39, 0.29) is 18.5 Å². The maximum Gasteiger partial charge on any atom is 0.242 e. The zero-order valence-electron chi connectivity index (χ0n) is 25.5. The number of hydrogen-bond acceptors (Lipinski definition) is 6. The van der Waals surface area contributed by atoms with Crippen LogP contribution in [0.25, 0.3) is 5.57 Å². The van der Waals surface area contributed by atoms with Gasteiger partial charge < -0.3 is 19.7 Å². The number of carbonyl (C=O) groups excluding carboxylic acids is 1. The lowest BCUT2D eigenvalue weighted by atomic mass is 9.92. The maximum absolute atomic E-state index is 13.6. The topological polar surface area (TPSA) is 69.0 Å².